The average molecular weight is 252 g/mol. The van der Waals surface area contributed by atoms with Crippen molar-refractivity contribution in [3.63, 3.8) is 0 Å². The fourth-order valence-electron chi connectivity index (χ4n) is 1.64. The van der Waals surface area contributed by atoms with E-state index in [1.807, 2.05) is 18.4 Å². The first-order chi connectivity index (χ1) is 8.76. The summed E-state index contributed by atoms with van der Waals surface area (Å²) in [6, 6.07) is 0. The van der Waals surface area contributed by atoms with Gasteiger partial charge < -0.3 is 10.8 Å². The molecule has 3 heteroatoms. The van der Waals surface area contributed by atoms with Crippen molar-refractivity contribution < 1.29 is 5.11 Å². The molecule has 0 aromatic carbocycles. The molecule has 0 heterocycles. The predicted molar refractivity (Wildman–Crippen MR) is 80.0 cm³/mol. The molecule has 3 N–H and O–H groups in total. The number of hydrogen-bond acceptors (Lipinski definition) is 3. The Morgan fingerprint density at radius 1 is 1.44 bits per heavy atom. The van der Waals surface area contributed by atoms with Gasteiger partial charge in [0.25, 0.3) is 0 Å². The highest BCUT2D eigenvalue weighted by molar-refractivity contribution is 5.79. The van der Waals surface area contributed by atoms with Crippen LogP contribution in [0.15, 0.2) is 28.8 Å². The molecule has 0 amide bonds. The maximum Gasteiger partial charge on any atom is 0.0465 e. The molecule has 1 unspecified atom stereocenters. The molecule has 3 nitrogen and oxygen atoms in total. The lowest BCUT2D eigenvalue weighted by atomic mass is 9.96. The second-order valence-electron chi connectivity index (χ2n) is 4.47. The minimum absolute atomic E-state index is 0.203. The number of aliphatic hydroxyl groups excluding tert-OH is 1. The summed E-state index contributed by atoms with van der Waals surface area (Å²) in [6.07, 6.45) is 12.0. The Balaban J connectivity index is 4.45. The lowest BCUT2D eigenvalue weighted by molar-refractivity contribution is 0.302. The third-order valence-electron chi connectivity index (χ3n) is 2.74. The van der Waals surface area contributed by atoms with Crippen molar-refractivity contribution in [2.45, 2.75) is 39.5 Å². The number of hydrogen-bond donors (Lipinski definition) is 2. The van der Waals surface area contributed by atoms with E-state index in [9.17, 15) is 0 Å². The zero-order chi connectivity index (χ0) is 13.6. The topological polar surface area (TPSA) is 58.6 Å². The van der Waals surface area contributed by atoms with E-state index in [-0.39, 0.29) is 6.61 Å². The molecule has 0 radical (unpaired) electrons. The number of rotatable bonds is 10. The van der Waals surface area contributed by atoms with Gasteiger partial charge in [-0.1, -0.05) is 38.5 Å². The van der Waals surface area contributed by atoms with Gasteiger partial charge >= 0.3 is 0 Å². The van der Waals surface area contributed by atoms with E-state index in [1.165, 1.54) is 18.4 Å². The number of nitrogens with two attached hydrogens (primary N) is 1. The molecule has 104 valence electrons. The third kappa shape index (κ3) is 9.14. The highest BCUT2D eigenvalue weighted by Crippen LogP contribution is 2.15. The fourth-order valence-corrected chi connectivity index (χ4v) is 1.64. The minimum atomic E-state index is 0.203. The SMILES string of the molecule is CCCC(C)/C(C=NCCCN)=C\C=C/CCO. The van der Waals surface area contributed by atoms with Gasteiger partial charge in [0.1, 0.15) is 0 Å². The van der Waals surface area contributed by atoms with Crippen LogP contribution in [0.25, 0.3) is 0 Å². The second-order valence-corrected chi connectivity index (χ2v) is 4.47. The van der Waals surface area contributed by atoms with Crippen molar-refractivity contribution in [3.8, 4) is 0 Å². The van der Waals surface area contributed by atoms with Crippen LogP contribution in [0.1, 0.15) is 39.5 Å². The predicted octanol–water partition coefficient (Wildman–Crippen LogP) is 2.71. The summed E-state index contributed by atoms with van der Waals surface area (Å²) in [5.41, 5.74) is 6.70. The highest BCUT2D eigenvalue weighted by Gasteiger charge is 2.04. The Hall–Kier alpha value is -0.930. The first-order valence-corrected chi connectivity index (χ1v) is 6.93. The minimum Gasteiger partial charge on any atom is -0.396 e. The Bertz CT molecular complexity index is 270. The summed E-state index contributed by atoms with van der Waals surface area (Å²) in [5, 5.41) is 8.72. The number of nitrogens with zero attached hydrogens (tertiary/aromatic N) is 1. The molecule has 0 spiro atoms. The lowest BCUT2D eigenvalue weighted by Gasteiger charge is -2.10. The van der Waals surface area contributed by atoms with Gasteiger partial charge in [-0.15, -0.1) is 0 Å². The van der Waals surface area contributed by atoms with E-state index < -0.39 is 0 Å². The van der Waals surface area contributed by atoms with Crippen molar-refractivity contribution >= 4 is 6.21 Å². The monoisotopic (exact) mass is 252 g/mol. The zero-order valence-corrected chi connectivity index (χ0v) is 11.8. The zero-order valence-electron chi connectivity index (χ0n) is 11.8. The second kappa shape index (κ2) is 12.5. The van der Waals surface area contributed by atoms with E-state index >= 15 is 0 Å². The smallest absolute Gasteiger partial charge is 0.0465 e. The Kier molecular flexibility index (Phi) is 11.9. The van der Waals surface area contributed by atoms with Crippen LogP contribution in [0, 0.1) is 5.92 Å². The van der Waals surface area contributed by atoms with Crippen LogP contribution in [-0.4, -0.2) is 31.0 Å². The Labute approximate surface area is 111 Å². The molecule has 1 atom stereocenters. The summed E-state index contributed by atoms with van der Waals surface area (Å²) >= 11 is 0. The normalized spacial score (nSPS) is 14.8. The first kappa shape index (κ1) is 17.1. The summed E-state index contributed by atoms with van der Waals surface area (Å²) in [4.78, 5) is 4.41. The maximum absolute atomic E-state index is 8.72. The standard InChI is InChI=1S/C15H28N2O/c1-3-8-14(2)15(9-5-4-6-12-18)13-17-11-7-10-16/h4-5,9,13-14,18H,3,6-8,10-12,16H2,1-2H3/b5-4-,15-9-,17-13?. The molecule has 0 aromatic rings. The van der Waals surface area contributed by atoms with Crippen LogP contribution < -0.4 is 5.73 Å². The first-order valence-electron chi connectivity index (χ1n) is 6.93. The molecule has 0 saturated carbocycles. The van der Waals surface area contributed by atoms with Crippen molar-refractivity contribution in [3.05, 3.63) is 23.8 Å². The van der Waals surface area contributed by atoms with Crippen LogP contribution in [0.3, 0.4) is 0 Å². The Morgan fingerprint density at radius 2 is 2.22 bits per heavy atom. The Morgan fingerprint density at radius 3 is 2.83 bits per heavy atom. The molecule has 0 rings (SSSR count). The van der Waals surface area contributed by atoms with Crippen LogP contribution in [-0.2, 0) is 0 Å². The van der Waals surface area contributed by atoms with Crippen molar-refractivity contribution in [2.24, 2.45) is 16.6 Å². The molecule has 0 saturated heterocycles. The summed E-state index contributed by atoms with van der Waals surface area (Å²) in [5.74, 6) is 0.524. The van der Waals surface area contributed by atoms with E-state index in [1.54, 1.807) is 0 Å². The molecule has 0 aliphatic heterocycles. The van der Waals surface area contributed by atoms with Gasteiger partial charge in [0, 0.05) is 19.4 Å². The van der Waals surface area contributed by atoms with Crippen LogP contribution in [0.4, 0.5) is 0 Å². The van der Waals surface area contributed by atoms with Crippen molar-refractivity contribution in [1.29, 1.82) is 0 Å². The molecular weight excluding hydrogens is 224 g/mol. The van der Waals surface area contributed by atoms with Gasteiger partial charge in [0.2, 0.25) is 0 Å². The van der Waals surface area contributed by atoms with Crippen molar-refractivity contribution in [2.75, 3.05) is 19.7 Å². The van der Waals surface area contributed by atoms with Crippen LogP contribution in [0.2, 0.25) is 0 Å². The van der Waals surface area contributed by atoms with E-state index in [0.29, 0.717) is 18.9 Å². The fraction of sp³-hybridized carbons (Fsp3) is 0.667. The molecule has 0 bridgehead atoms. The maximum atomic E-state index is 8.72. The molecule has 0 aliphatic carbocycles. The molecule has 18 heavy (non-hydrogen) atoms. The summed E-state index contributed by atoms with van der Waals surface area (Å²) < 4.78 is 0. The van der Waals surface area contributed by atoms with E-state index in [4.69, 9.17) is 10.8 Å². The van der Waals surface area contributed by atoms with E-state index in [2.05, 4.69) is 24.9 Å². The van der Waals surface area contributed by atoms with Gasteiger partial charge in [-0.05, 0) is 37.3 Å². The highest BCUT2D eigenvalue weighted by atomic mass is 16.2. The van der Waals surface area contributed by atoms with Gasteiger partial charge in [-0.2, -0.15) is 0 Å². The van der Waals surface area contributed by atoms with Gasteiger partial charge in [0.05, 0.1) is 0 Å². The largest absolute Gasteiger partial charge is 0.396 e. The van der Waals surface area contributed by atoms with Gasteiger partial charge in [-0.3, -0.25) is 4.99 Å². The molecule has 0 fully saturated rings. The lowest BCUT2D eigenvalue weighted by Crippen LogP contribution is -2.03. The van der Waals surface area contributed by atoms with Crippen LogP contribution in [0.5, 0.6) is 0 Å². The quantitative estimate of drug-likeness (QED) is 0.357. The van der Waals surface area contributed by atoms with Gasteiger partial charge in [-0.25, -0.2) is 0 Å². The number of allylic oxidation sites excluding steroid dienone is 3. The summed E-state index contributed by atoms with van der Waals surface area (Å²) in [6.45, 7) is 6.12. The molecule has 0 aromatic heterocycles. The summed E-state index contributed by atoms with van der Waals surface area (Å²) in [7, 11) is 0. The van der Waals surface area contributed by atoms with Crippen LogP contribution >= 0.6 is 0 Å². The molecule has 0 aliphatic rings. The molecular formula is C15H28N2O. The van der Waals surface area contributed by atoms with E-state index in [0.717, 1.165) is 13.0 Å². The third-order valence-corrected chi connectivity index (χ3v) is 2.74. The van der Waals surface area contributed by atoms with Crippen molar-refractivity contribution in [1.82, 2.24) is 0 Å². The number of aliphatic imine (C=N–C) groups is 1. The average Bonchev–Trinajstić information content (AvgIpc) is 2.37. The number of aliphatic hydroxyl groups is 1. The van der Waals surface area contributed by atoms with Gasteiger partial charge in [0.15, 0.2) is 0 Å².